The zero-order valence-electron chi connectivity index (χ0n) is 15.7. The first kappa shape index (κ1) is 19.6. The van der Waals surface area contributed by atoms with Gasteiger partial charge in [-0.15, -0.1) is 0 Å². The number of nitrogens with zero attached hydrogens (tertiary/aromatic N) is 2. The average molecular weight is 397 g/mol. The van der Waals surface area contributed by atoms with Gasteiger partial charge in [-0.2, -0.15) is 0 Å². The minimum Gasteiger partial charge on any atom is -0.495 e. The highest BCUT2D eigenvalue weighted by molar-refractivity contribution is 6.31. The van der Waals surface area contributed by atoms with Crippen molar-refractivity contribution in [2.24, 2.45) is 0 Å². The molecule has 0 unspecified atom stereocenters. The van der Waals surface area contributed by atoms with Crippen LogP contribution in [0.25, 0.3) is 0 Å². The summed E-state index contributed by atoms with van der Waals surface area (Å²) in [6.07, 6.45) is 0.751. The second-order valence-electron chi connectivity index (χ2n) is 6.18. The van der Waals surface area contributed by atoms with E-state index in [1.165, 1.54) is 0 Å². The Kier molecular flexibility index (Phi) is 6.45. The monoisotopic (exact) mass is 396 g/mol. The third kappa shape index (κ3) is 5.20. The third-order valence-corrected chi connectivity index (χ3v) is 4.27. The first-order chi connectivity index (χ1) is 13.5. The number of benzene rings is 2. The van der Waals surface area contributed by atoms with Gasteiger partial charge in [0.2, 0.25) is 5.95 Å². The number of amides is 1. The number of halogens is 1. The molecule has 7 heteroatoms. The Hall–Kier alpha value is -3.12. The van der Waals surface area contributed by atoms with Gasteiger partial charge in [-0.25, -0.2) is 9.97 Å². The van der Waals surface area contributed by atoms with Crippen LogP contribution in [0.15, 0.2) is 54.6 Å². The summed E-state index contributed by atoms with van der Waals surface area (Å²) in [5, 5.41) is 6.52. The molecule has 1 heterocycles. The van der Waals surface area contributed by atoms with Crippen LogP contribution in [0.4, 0.5) is 11.6 Å². The highest BCUT2D eigenvalue weighted by atomic mass is 35.5. The number of anilines is 2. The zero-order valence-corrected chi connectivity index (χ0v) is 16.5. The fourth-order valence-corrected chi connectivity index (χ4v) is 2.87. The van der Waals surface area contributed by atoms with Crippen molar-refractivity contribution in [3.05, 3.63) is 76.6 Å². The van der Waals surface area contributed by atoms with E-state index in [0.29, 0.717) is 40.3 Å². The van der Waals surface area contributed by atoms with Gasteiger partial charge in [0.15, 0.2) is 0 Å². The van der Waals surface area contributed by atoms with E-state index in [-0.39, 0.29) is 5.91 Å². The summed E-state index contributed by atoms with van der Waals surface area (Å²) in [6.45, 7) is 2.33. The third-order valence-electron chi connectivity index (χ3n) is 4.04. The second-order valence-corrected chi connectivity index (χ2v) is 6.62. The Labute approximate surface area is 168 Å². The number of aromatic nitrogens is 2. The molecule has 3 aromatic rings. The number of hydrogen-bond acceptors (Lipinski definition) is 5. The molecule has 144 valence electrons. The Morgan fingerprint density at radius 2 is 1.89 bits per heavy atom. The zero-order chi connectivity index (χ0) is 19.9. The number of aryl methyl sites for hydroxylation is 1. The van der Waals surface area contributed by atoms with Crippen LogP contribution in [0, 0.1) is 6.92 Å². The Morgan fingerprint density at radius 3 is 2.64 bits per heavy atom. The number of carbonyl (C=O) groups excluding carboxylic acids is 1. The molecule has 6 nitrogen and oxygen atoms in total. The Balaban J connectivity index is 1.70. The largest absolute Gasteiger partial charge is 0.495 e. The van der Waals surface area contributed by atoms with Crippen LogP contribution in [0.1, 0.15) is 21.7 Å². The standard InChI is InChI=1S/C21H21ClN4O2/c1-14-12-18(20(27)23-11-10-15-6-4-3-5-7-15)26-21(24-14)25-17-13-16(22)8-9-19(17)28-2/h3-9,12-13H,10-11H2,1-2H3,(H,23,27)(H,24,25,26). The van der Waals surface area contributed by atoms with Crippen LogP contribution in [-0.4, -0.2) is 29.5 Å². The van der Waals surface area contributed by atoms with Gasteiger partial charge in [-0.05, 0) is 43.2 Å². The summed E-state index contributed by atoms with van der Waals surface area (Å²) >= 11 is 6.06. The van der Waals surface area contributed by atoms with E-state index in [1.54, 1.807) is 31.4 Å². The minimum atomic E-state index is -0.248. The number of methoxy groups -OCH3 is 1. The first-order valence-corrected chi connectivity index (χ1v) is 9.21. The van der Waals surface area contributed by atoms with Crippen LogP contribution < -0.4 is 15.4 Å². The highest BCUT2D eigenvalue weighted by Gasteiger charge is 2.12. The maximum absolute atomic E-state index is 12.5. The number of ether oxygens (including phenoxy) is 1. The van der Waals surface area contributed by atoms with Gasteiger partial charge in [0, 0.05) is 17.3 Å². The second kappa shape index (κ2) is 9.19. The van der Waals surface area contributed by atoms with Gasteiger partial charge in [0.1, 0.15) is 11.4 Å². The van der Waals surface area contributed by atoms with Crippen LogP contribution in [0.3, 0.4) is 0 Å². The van der Waals surface area contributed by atoms with Crippen LogP contribution in [0.2, 0.25) is 5.02 Å². The molecule has 0 saturated carbocycles. The number of carbonyl (C=O) groups is 1. The normalized spacial score (nSPS) is 10.4. The van der Waals surface area contributed by atoms with Crippen LogP contribution in [0.5, 0.6) is 5.75 Å². The highest BCUT2D eigenvalue weighted by Crippen LogP contribution is 2.29. The van der Waals surface area contributed by atoms with Crippen molar-refractivity contribution >= 4 is 29.1 Å². The van der Waals surface area contributed by atoms with Crippen molar-refractivity contribution in [2.75, 3.05) is 19.0 Å². The fraction of sp³-hybridized carbons (Fsp3) is 0.190. The predicted molar refractivity (Wildman–Crippen MR) is 111 cm³/mol. The van der Waals surface area contributed by atoms with Crippen molar-refractivity contribution in [2.45, 2.75) is 13.3 Å². The van der Waals surface area contributed by atoms with Gasteiger partial charge < -0.3 is 15.4 Å². The summed E-state index contributed by atoms with van der Waals surface area (Å²) in [4.78, 5) is 21.2. The molecule has 3 rings (SSSR count). The lowest BCUT2D eigenvalue weighted by atomic mass is 10.1. The van der Waals surface area contributed by atoms with Gasteiger partial charge in [0.25, 0.3) is 5.91 Å². The molecule has 0 aliphatic carbocycles. The molecule has 0 bridgehead atoms. The first-order valence-electron chi connectivity index (χ1n) is 8.83. The van der Waals surface area contributed by atoms with E-state index in [0.717, 1.165) is 12.0 Å². The molecule has 2 aromatic carbocycles. The fourth-order valence-electron chi connectivity index (χ4n) is 2.69. The van der Waals surface area contributed by atoms with Crippen molar-refractivity contribution in [1.29, 1.82) is 0 Å². The summed E-state index contributed by atoms with van der Waals surface area (Å²) in [5.41, 5.74) is 2.75. The predicted octanol–water partition coefficient (Wildman–Crippen LogP) is 4.16. The maximum Gasteiger partial charge on any atom is 0.270 e. The summed E-state index contributed by atoms with van der Waals surface area (Å²) < 4.78 is 5.32. The average Bonchev–Trinajstić information content (AvgIpc) is 2.68. The van der Waals surface area contributed by atoms with Gasteiger partial charge in [-0.1, -0.05) is 41.9 Å². The number of rotatable bonds is 7. The van der Waals surface area contributed by atoms with Crippen LogP contribution >= 0.6 is 11.6 Å². The topological polar surface area (TPSA) is 76.1 Å². The molecule has 1 amide bonds. The van der Waals surface area contributed by atoms with Gasteiger partial charge >= 0.3 is 0 Å². The molecule has 0 aliphatic heterocycles. The lowest BCUT2D eigenvalue weighted by Gasteiger charge is -2.12. The van der Waals surface area contributed by atoms with Crippen molar-refractivity contribution in [3.8, 4) is 5.75 Å². The molecule has 2 N–H and O–H groups in total. The lowest BCUT2D eigenvalue weighted by molar-refractivity contribution is 0.0949. The van der Waals surface area contributed by atoms with E-state index in [9.17, 15) is 4.79 Å². The molecule has 0 radical (unpaired) electrons. The minimum absolute atomic E-state index is 0.248. The molecule has 28 heavy (non-hydrogen) atoms. The SMILES string of the molecule is COc1ccc(Cl)cc1Nc1nc(C)cc(C(=O)NCCc2ccccc2)n1. The number of nitrogens with one attached hydrogen (secondary N) is 2. The molecule has 0 atom stereocenters. The molecule has 0 spiro atoms. The molecular weight excluding hydrogens is 376 g/mol. The Morgan fingerprint density at radius 1 is 1.11 bits per heavy atom. The molecular formula is C21H21ClN4O2. The van der Waals surface area contributed by atoms with E-state index in [4.69, 9.17) is 16.3 Å². The van der Waals surface area contributed by atoms with Crippen molar-refractivity contribution < 1.29 is 9.53 Å². The molecule has 0 fully saturated rings. The molecule has 0 aliphatic rings. The summed E-state index contributed by atoms with van der Waals surface area (Å²) in [5.74, 6) is 0.652. The summed E-state index contributed by atoms with van der Waals surface area (Å²) in [7, 11) is 1.57. The molecule has 1 aromatic heterocycles. The van der Waals surface area contributed by atoms with E-state index >= 15 is 0 Å². The van der Waals surface area contributed by atoms with E-state index in [1.807, 2.05) is 37.3 Å². The molecule has 0 saturated heterocycles. The lowest BCUT2D eigenvalue weighted by Crippen LogP contribution is -2.27. The number of hydrogen-bond donors (Lipinski definition) is 2. The smallest absolute Gasteiger partial charge is 0.270 e. The quantitative estimate of drug-likeness (QED) is 0.627. The van der Waals surface area contributed by atoms with Crippen molar-refractivity contribution in [1.82, 2.24) is 15.3 Å². The van der Waals surface area contributed by atoms with Gasteiger partial charge in [-0.3, -0.25) is 4.79 Å². The maximum atomic E-state index is 12.5. The van der Waals surface area contributed by atoms with E-state index < -0.39 is 0 Å². The summed E-state index contributed by atoms with van der Waals surface area (Å²) in [6, 6.07) is 16.8. The van der Waals surface area contributed by atoms with Crippen molar-refractivity contribution in [3.63, 3.8) is 0 Å². The van der Waals surface area contributed by atoms with Crippen LogP contribution in [-0.2, 0) is 6.42 Å². The van der Waals surface area contributed by atoms with Gasteiger partial charge in [0.05, 0.1) is 12.8 Å². The van der Waals surface area contributed by atoms with E-state index in [2.05, 4.69) is 20.6 Å². The Bertz CT molecular complexity index is 964.